The summed E-state index contributed by atoms with van der Waals surface area (Å²) in [6.07, 6.45) is 3.41. The number of rotatable bonds is 6. The minimum absolute atomic E-state index is 0.289. The molecule has 0 atom stereocenters. The molecule has 108 valence electrons. The Balaban J connectivity index is 2.26. The molecule has 0 spiro atoms. The van der Waals surface area contributed by atoms with E-state index < -0.39 is 5.97 Å². The molecule has 0 aliphatic carbocycles. The molecule has 2 heterocycles. The Labute approximate surface area is 116 Å². The quantitative estimate of drug-likeness (QED) is 0.718. The van der Waals surface area contributed by atoms with Crippen LogP contribution in [-0.4, -0.2) is 42.6 Å². The molecule has 8 nitrogen and oxygen atoms in total. The lowest BCUT2D eigenvalue weighted by Crippen LogP contribution is -2.11. The van der Waals surface area contributed by atoms with Gasteiger partial charge >= 0.3 is 5.97 Å². The third-order valence-corrected chi connectivity index (χ3v) is 2.76. The molecular weight excluding hydrogens is 260 g/mol. The van der Waals surface area contributed by atoms with Gasteiger partial charge in [-0.2, -0.15) is 0 Å². The Morgan fingerprint density at radius 2 is 2.10 bits per heavy atom. The van der Waals surface area contributed by atoms with Crippen molar-refractivity contribution in [2.45, 2.75) is 33.2 Å². The van der Waals surface area contributed by atoms with Gasteiger partial charge in [0.2, 0.25) is 0 Å². The smallest absolute Gasteiger partial charge is 0.360 e. The van der Waals surface area contributed by atoms with Crippen LogP contribution in [0, 0.1) is 0 Å². The van der Waals surface area contributed by atoms with Gasteiger partial charge in [0.05, 0.1) is 18.8 Å². The van der Waals surface area contributed by atoms with E-state index in [0.717, 1.165) is 17.8 Å². The van der Waals surface area contributed by atoms with Crippen LogP contribution >= 0.6 is 0 Å². The molecule has 0 aliphatic rings. The summed E-state index contributed by atoms with van der Waals surface area (Å²) in [6, 6.07) is 0. The summed E-state index contributed by atoms with van der Waals surface area (Å²) in [5, 5.41) is 15.9. The average molecular weight is 278 g/mol. The topological polar surface area (TPSA) is 87.7 Å². The van der Waals surface area contributed by atoms with E-state index in [2.05, 4.69) is 20.6 Å². The number of aromatic nitrogens is 6. The molecule has 0 aromatic carbocycles. The highest BCUT2D eigenvalue weighted by atomic mass is 16.5. The Hall–Kier alpha value is -2.25. The first-order valence-electron chi connectivity index (χ1n) is 6.60. The predicted octanol–water partition coefficient (Wildman–Crippen LogP) is 0.584. The van der Waals surface area contributed by atoms with Gasteiger partial charge in [-0.3, -0.25) is 4.68 Å². The number of esters is 1. The number of aryl methyl sites for hydroxylation is 1. The molecule has 8 heteroatoms. The molecule has 0 bridgehead atoms. The van der Waals surface area contributed by atoms with Gasteiger partial charge < -0.3 is 4.74 Å². The fourth-order valence-electron chi connectivity index (χ4n) is 1.92. The average Bonchev–Trinajstić information content (AvgIpc) is 2.99. The van der Waals surface area contributed by atoms with Gasteiger partial charge in [-0.15, -0.1) is 10.2 Å². The van der Waals surface area contributed by atoms with Crippen molar-refractivity contribution in [3.63, 3.8) is 0 Å². The maximum absolute atomic E-state index is 11.8. The van der Waals surface area contributed by atoms with Gasteiger partial charge in [0.15, 0.2) is 5.69 Å². The number of nitrogens with zero attached hydrogens (tertiary/aromatic N) is 6. The summed E-state index contributed by atoms with van der Waals surface area (Å²) in [5.74, 6) is -0.429. The van der Waals surface area contributed by atoms with E-state index in [1.54, 1.807) is 29.5 Å². The molecule has 20 heavy (non-hydrogen) atoms. The second kappa shape index (κ2) is 6.27. The molecule has 2 aromatic rings. The molecule has 0 aliphatic heterocycles. The zero-order valence-corrected chi connectivity index (χ0v) is 11.9. The zero-order valence-electron chi connectivity index (χ0n) is 11.9. The highest BCUT2D eigenvalue weighted by Gasteiger charge is 2.20. The Kier molecular flexibility index (Phi) is 4.44. The van der Waals surface area contributed by atoms with E-state index in [-0.39, 0.29) is 5.69 Å². The summed E-state index contributed by atoms with van der Waals surface area (Å²) in [4.78, 5) is 11.8. The van der Waals surface area contributed by atoms with Crippen LogP contribution in [0.4, 0.5) is 0 Å². The van der Waals surface area contributed by atoms with Gasteiger partial charge in [0.1, 0.15) is 5.69 Å². The third-order valence-electron chi connectivity index (χ3n) is 2.76. The van der Waals surface area contributed by atoms with Gasteiger partial charge in [-0.05, 0) is 13.3 Å². The van der Waals surface area contributed by atoms with Crippen molar-refractivity contribution >= 4 is 5.97 Å². The summed E-state index contributed by atoms with van der Waals surface area (Å²) < 4.78 is 8.30. The van der Waals surface area contributed by atoms with E-state index in [1.807, 2.05) is 6.92 Å². The van der Waals surface area contributed by atoms with E-state index >= 15 is 0 Å². The number of carbonyl (C=O) groups is 1. The molecule has 2 rings (SSSR count). The normalized spacial score (nSPS) is 10.8. The maximum Gasteiger partial charge on any atom is 0.360 e. The Bertz CT molecular complexity index is 589. The van der Waals surface area contributed by atoms with Crippen molar-refractivity contribution in [2.75, 3.05) is 6.61 Å². The highest BCUT2D eigenvalue weighted by Crippen LogP contribution is 2.11. The van der Waals surface area contributed by atoms with Gasteiger partial charge in [0, 0.05) is 13.2 Å². The van der Waals surface area contributed by atoms with E-state index in [0.29, 0.717) is 19.6 Å². The Morgan fingerprint density at radius 1 is 1.30 bits per heavy atom. The molecule has 0 N–H and O–H groups in total. The fraction of sp³-hybridized carbons (Fsp3) is 0.583. The van der Waals surface area contributed by atoms with Crippen LogP contribution in [0.25, 0.3) is 0 Å². The summed E-state index contributed by atoms with van der Waals surface area (Å²) in [5.41, 5.74) is 1.83. The zero-order chi connectivity index (χ0) is 14.5. The lowest BCUT2D eigenvalue weighted by atomic mass is 10.2. The third kappa shape index (κ3) is 3.01. The van der Waals surface area contributed by atoms with Crippen molar-refractivity contribution in [1.29, 1.82) is 0 Å². The van der Waals surface area contributed by atoms with Crippen LogP contribution in [0.2, 0.25) is 0 Å². The molecule has 0 fully saturated rings. The summed E-state index contributed by atoms with van der Waals surface area (Å²) in [6.45, 7) is 4.56. The van der Waals surface area contributed by atoms with Crippen LogP contribution < -0.4 is 0 Å². The summed E-state index contributed by atoms with van der Waals surface area (Å²) >= 11 is 0. The minimum atomic E-state index is -0.429. The maximum atomic E-state index is 11.8. The molecule has 2 aromatic heterocycles. The summed E-state index contributed by atoms with van der Waals surface area (Å²) in [7, 11) is 1.80. The molecule has 0 radical (unpaired) electrons. The highest BCUT2D eigenvalue weighted by molar-refractivity contribution is 5.88. The molecule has 0 unspecified atom stereocenters. The largest absolute Gasteiger partial charge is 0.461 e. The van der Waals surface area contributed by atoms with Gasteiger partial charge in [0.25, 0.3) is 0 Å². The van der Waals surface area contributed by atoms with E-state index in [9.17, 15) is 4.79 Å². The lowest BCUT2D eigenvalue weighted by molar-refractivity contribution is 0.0518. The number of hydrogen-bond acceptors (Lipinski definition) is 6. The molecule has 0 saturated heterocycles. The van der Waals surface area contributed by atoms with Crippen LogP contribution in [0.3, 0.4) is 0 Å². The van der Waals surface area contributed by atoms with Crippen LogP contribution in [0.15, 0.2) is 6.20 Å². The van der Waals surface area contributed by atoms with Crippen molar-refractivity contribution in [3.05, 3.63) is 23.3 Å². The van der Waals surface area contributed by atoms with Crippen LogP contribution in [0.5, 0.6) is 0 Å². The first-order chi connectivity index (χ1) is 9.65. The van der Waals surface area contributed by atoms with Crippen molar-refractivity contribution in [1.82, 2.24) is 30.0 Å². The number of ether oxygens (including phenoxy) is 1. The SMILES string of the molecule is CCCc1c(C(=O)OCC)nnn1Cc1cn(C)nn1. The van der Waals surface area contributed by atoms with Crippen molar-refractivity contribution in [3.8, 4) is 0 Å². The monoisotopic (exact) mass is 278 g/mol. The first-order valence-corrected chi connectivity index (χ1v) is 6.60. The molecule has 0 amide bonds. The molecular formula is C12H18N6O2. The van der Waals surface area contributed by atoms with E-state index in [1.165, 1.54) is 0 Å². The standard InChI is InChI=1S/C12H18N6O2/c1-4-6-10-11(12(19)20-5-2)14-16-18(10)8-9-7-17(3)15-13-9/h7H,4-6,8H2,1-3H3. The molecule has 0 saturated carbocycles. The second-order valence-electron chi connectivity index (χ2n) is 4.40. The van der Waals surface area contributed by atoms with Gasteiger partial charge in [-0.1, -0.05) is 23.8 Å². The van der Waals surface area contributed by atoms with Crippen molar-refractivity contribution < 1.29 is 9.53 Å². The van der Waals surface area contributed by atoms with Crippen LogP contribution in [-0.2, 0) is 24.8 Å². The van der Waals surface area contributed by atoms with Gasteiger partial charge in [-0.25, -0.2) is 9.48 Å². The number of carbonyl (C=O) groups excluding carboxylic acids is 1. The number of hydrogen-bond donors (Lipinski definition) is 0. The Morgan fingerprint density at radius 3 is 2.70 bits per heavy atom. The van der Waals surface area contributed by atoms with Crippen LogP contribution in [0.1, 0.15) is 42.1 Å². The lowest BCUT2D eigenvalue weighted by Gasteiger charge is -2.05. The van der Waals surface area contributed by atoms with E-state index in [4.69, 9.17) is 4.74 Å². The minimum Gasteiger partial charge on any atom is -0.461 e. The second-order valence-corrected chi connectivity index (χ2v) is 4.40. The fourth-order valence-corrected chi connectivity index (χ4v) is 1.92. The predicted molar refractivity (Wildman–Crippen MR) is 70.1 cm³/mol. The first kappa shape index (κ1) is 14.2. The van der Waals surface area contributed by atoms with Crippen molar-refractivity contribution in [2.24, 2.45) is 7.05 Å².